The largest absolute Gasteiger partial charge is 0.455 e. The van der Waals surface area contributed by atoms with Crippen LogP contribution in [0.25, 0.3) is 22.3 Å². The summed E-state index contributed by atoms with van der Waals surface area (Å²) in [6, 6.07) is 3.35. The Morgan fingerprint density at radius 3 is 2.82 bits per heavy atom. The lowest BCUT2D eigenvalue weighted by molar-refractivity contribution is 0.603. The van der Waals surface area contributed by atoms with Crippen molar-refractivity contribution in [3.05, 3.63) is 51.4 Å². The van der Waals surface area contributed by atoms with E-state index in [1.165, 1.54) is 12.4 Å². The van der Waals surface area contributed by atoms with Crippen LogP contribution in [0.15, 0.2) is 33.7 Å². The van der Waals surface area contributed by atoms with Crippen molar-refractivity contribution in [3.8, 4) is 11.3 Å². The van der Waals surface area contributed by atoms with Gasteiger partial charge in [-0.15, -0.1) is 0 Å². The molecule has 0 saturated carbocycles. The number of nitrogens with two attached hydrogens (primary N) is 1. The van der Waals surface area contributed by atoms with Gasteiger partial charge in [0, 0.05) is 34.5 Å². The van der Waals surface area contributed by atoms with E-state index < -0.39 is 6.98 Å². The lowest BCUT2D eigenvalue weighted by Crippen LogP contribution is -2.12. The third kappa shape index (κ3) is 2.23. The second-order valence-corrected chi connectivity index (χ2v) is 5.58. The van der Waals surface area contributed by atoms with Crippen molar-refractivity contribution in [2.45, 2.75) is 26.8 Å². The molecular formula is C17H19N3O2. The first-order valence-corrected chi connectivity index (χ1v) is 6.98. The van der Waals surface area contributed by atoms with Crippen molar-refractivity contribution < 1.29 is 8.53 Å². The van der Waals surface area contributed by atoms with Crippen molar-refractivity contribution in [2.24, 2.45) is 12.7 Å². The number of rotatable bonds is 2. The number of fused-ring (bicyclic) bond motifs is 1. The summed E-state index contributed by atoms with van der Waals surface area (Å²) in [5, 5.41) is 4.32. The standard InChI is InChI=1S/C17H19N3O2/c1-9-5-13(11(3)18)17-14(6-9)15(21)10(2)16(22-17)12-7-19-20(4)8-12/h5-8,11H,18H2,1-4H3/t11-/m1/s1/i4D3. The first kappa shape index (κ1) is 11.2. The quantitative estimate of drug-likeness (QED) is 0.789. The van der Waals surface area contributed by atoms with Gasteiger partial charge in [-0.3, -0.25) is 9.48 Å². The highest BCUT2D eigenvalue weighted by molar-refractivity contribution is 5.84. The molecule has 0 bridgehead atoms. The van der Waals surface area contributed by atoms with Gasteiger partial charge in [-0.2, -0.15) is 5.10 Å². The summed E-state index contributed by atoms with van der Waals surface area (Å²) in [7, 11) is 0. The Bertz CT molecular complexity index is 1020. The molecule has 0 radical (unpaired) electrons. The van der Waals surface area contributed by atoms with Crippen molar-refractivity contribution in [1.29, 1.82) is 0 Å². The molecule has 1 atom stereocenters. The molecule has 2 aromatic heterocycles. The smallest absolute Gasteiger partial charge is 0.196 e. The van der Waals surface area contributed by atoms with Gasteiger partial charge in [-0.1, -0.05) is 6.07 Å². The van der Waals surface area contributed by atoms with Gasteiger partial charge in [-0.05, 0) is 32.4 Å². The molecule has 0 fully saturated rings. The molecule has 114 valence electrons. The van der Waals surface area contributed by atoms with Gasteiger partial charge in [-0.25, -0.2) is 0 Å². The van der Waals surface area contributed by atoms with Crippen LogP contribution in [-0.4, -0.2) is 9.78 Å². The van der Waals surface area contributed by atoms with E-state index in [2.05, 4.69) is 5.10 Å². The maximum absolute atomic E-state index is 12.8. The fourth-order valence-corrected chi connectivity index (χ4v) is 2.62. The van der Waals surface area contributed by atoms with Crippen LogP contribution in [-0.2, 0) is 6.98 Å². The van der Waals surface area contributed by atoms with Gasteiger partial charge >= 0.3 is 0 Å². The van der Waals surface area contributed by atoms with Crippen LogP contribution >= 0.6 is 0 Å². The Hall–Kier alpha value is -2.40. The molecule has 5 heteroatoms. The van der Waals surface area contributed by atoms with Crippen LogP contribution in [0.2, 0.25) is 0 Å². The fourth-order valence-electron chi connectivity index (χ4n) is 2.62. The molecule has 0 aliphatic carbocycles. The van der Waals surface area contributed by atoms with Crippen molar-refractivity contribution in [1.82, 2.24) is 9.78 Å². The summed E-state index contributed by atoms with van der Waals surface area (Å²) < 4.78 is 29.1. The molecule has 5 nitrogen and oxygen atoms in total. The van der Waals surface area contributed by atoms with Crippen molar-refractivity contribution in [2.75, 3.05) is 0 Å². The lowest BCUT2D eigenvalue weighted by atomic mass is 10.00. The summed E-state index contributed by atoms with van der Waals surface area (Å²) in [4.78, 5) is 12.8. The molecule has 3 aromatic rings. The molecular weight excluding hydrogens is 278 g/mol. The highest BCUT2D eigenvalue weighted by atomic mass is 16.3. The zero-order chi connectivity index (χ0) is 18.5. The second kappa shape index (κ2) is 5.10. The minimum atomic E-state index is -2.39. The number of aryl methyl sites for hydroxylation is 2. The Balaban J connectivity index is 2.32. The van der Waals surface area contributed by atoms with E-state index in [1.54, 1.807) is 13.0 Å². The number of nitrogens with zero attached hydrogens (tertiary/aromatic N) is 2. The number of benzene rings is 1. The summed E-state index contributed by atoms with van der Waals surface area (Å²) in [6.07, 6.45) is 2.73. The molecule has 0 saturated heterocycles. The second-order valence-electron chi connectivity index (χ2n) is 5.58. The predicted molar refractivity (Wildman–Crippen MR) is 86.8 cm³/mol. The predicted octanol–water partition coefficient (Wildman–Crippen LogP) is 2.83. The Kier molecular flexibility index (Phi) is 2.60. The summed E-state index contributed by atoms with van der Waals surface area (Å²) in [6.45, 7) is 2.98. The first-order valence-electron chi connectivity index (χ1n) is 8.48. The first-order chi connectivity index (χ1) is 11.6. The molecule has 0 aliphatic heterocycles. The molecule has 0 amide bonds. The summed E-state index contributed by atoms with van der Waals surface area (Å²) in [5.74, 6) is 0.304. The Labute approximate surface area is 132 Å². The van der Waals surface area contributed by atoms with Gasteiger partial charge in [0.25, 0.3) is 0 Å². The fraction of sp³-hybridized carbons (Fsp3) is 0.294. The number of hydrogen-bond acceptors (Lipinski definition) is 4. The average Bonchev–Trinajstić information content (AvgIpc) is 3.00. The minimum absolute atomic E-state index is 0.163. The maximum Gasteiger partial charge on any atom is 0.196 e. The van der Waals surface area contributed by atoms with E-state index in [4.69, 9.17) is 14.3 Å². The van der Waals surface area contributed by atoms with Crippen LogP contribution < -0.4 is 11.2 Å². The van der Waals surface area contributed by atoms with Gasteiger partial charge < -0.3 is 10.2 Å². The third-order valence-corrected chi connectivity index (χ3v) is 3.73. The summed E-state index contributed by atoms with van der Waals surface area (Å²) in [5.41, 5.74) is 8.79. The van der Waals surface area contributed by atoms with Crippen LogP contribution in [0.4, 0.5) is 0 Å². The topological polar surface area (TPSA) is 74.1 Å². The van der Waals surface area contributed by atoms with E-state index in [0.717, 1.165) is 15.8 Å². The molecule has 0 spiro atoms. The normalized spacial score (nSPS) is 15.4. The molecule has 0 unspecified atom stereocenters. The van der Waals surface area contributed by atoms with E-state index in [1.807, 2.05) is 19.9 Å². The Morgan fingerprint density at radius 1 is 1.41 bits per heavy atom. The summed E-state index contributed by atoms with van der Waals surface area (Å²) >= 11 is 0. The molecule has 1 aromatic carbocycles. The molecule has 2 N–H and O–H groups in total. The minimum Gasteiger partial charge on any atom is -0.455 e. The van der Waals surface area contributed by atoms with Gasteiger partial charge in [0.2, 0.25) is 0 Å². The van der Waals surface area contributed by atoms with E-state index in [9.17, 15) is 4.79 Å². The zero-order valence-electron chi connectivity index (χ0n) is 15.7. The molecule has 0 aliphatic rings. The lowest BCUT2D eigenvalue weighted by Gasteiger charge is -2.12. The zero-order valence-corrected chi connectivity index (χ0v) is 12.7. The Morgan fingerprint density at radius 2 is 2.18 bits per heavy atom. The number of aromatic nitrogens is 2. The van der Waals surface area contributed by atoms with Crippen LogP contribution in [0.5, 0.6) is 0 Å². The SMILES string of the molecule is [2H]C([2H])([2H])n1cc(-c2oc3c([C@@H](C)N)cc(C)cc3c(=O)c2C)cn1. The van der Waals surface area contributed by atoms with Crippen LogP contribution in [0.1, 0.15) is 33.8 Å². The average molecular weight is 300 g/mol. The third-order valence-electron chi connectivity index (χ3n) is 3.73. The van der Waals surface area contributed by atoms with E-state index in [-0.39, 0.29) is 11.5 Å². The van der Waals surface area contributed by atoms with Crippen LogP contribution in [0, 0.1) is 13.8 Å². The van der Waals surface area contributed by atoms with Gasteiger partial charge in [0.1, 0.15) is 11.3 Å². The van der Waals surface area contributed by atoms with Gasteiger partial charge in [0.15, 0.2) is 5.43 Å². The van der Waals surface area contributed by atoms with Crippen LogP contribution in [0.3, 0.4) is 0 Å². The van der Waals surface area contributed by atoms with Gasteiger partial charge in [0.05, 0.1) is 17.1 Å². The molecule has 3 rings (SSSR count). The maximum atomic E-state index is 12.8. The number of hydrogen-bond donors (Lipinski definition) is 1. The van der Waals surface area contributed by atoms with E-state index >= 15 is 0 Å². The van der Waals surface area contributed by atoms with Crippen molar-refractivity contribution >= 4 is 11.0 Å². The van der Waals surface area contributed by atoms with Crippen molar-refractivity contribution in [3.63, 3.8) is 0 Å². The molecule has 22 heavy (non-hydrogen) atoms. The highest BCUT2D eigenvalue weighted by Crippen LogP contribution is 2.29. The van der Waals surface area contributed by atoms with E-state index in [0.29, 0.717) is 27.9 Å². The monoisotopic (exact) mass is 300 g/mol. The highest BCUT2D eigenvalue weighted by Gasteiger charge is 2.17. The molecule has 2 heterocycles.